The molecule has 7 aliphatic heterocycles. The van der Waals surface area contributed by atoms with Crippen molar-refractivity contribution in [1.82, 2.24) is 4.90 Å². The first-order valence-electron chi connectivity index (χ1n) is 21.4. The van der Waals surface area contributed by atoms with E-state index in [1.54, 1.807) is 48.5 Å². The van der Waals surface area contributed by atoms with Crippen molar-refractivity contribution in [1.29, 1.82) is 0 Å². The number of pyridine rings is 1. The second-order valence-electron chi connectivity index (χ2n) is 17.3. The van der Waals surface area contributed by atoms with Gasteiger partial charge >= 0.3 is 11.9 Å². The smallest absolute Gasteiger partial charge is 0.308 e. The molecule has 5 aromatic rings. The average Bonchev–Trinajstić information content (AvgIpc) is 3.71. The summed E-state index contributed by atoms with van der Waals surface area (Å²) in [5.74, 6) is -2.21. The number of carbonyl (C=O) groups is 6. The van der Waals surface area contributed by atoms with Crippen LogP contribution in [0.4, 0.5) is 11.4 Å². The van der Waals surface area contributed by atoms with Gasteiger partial charge in [-0.3, -0.25) is 33.7 Å². The summed E-state index contributed by atoms with van der Waals surface area (Å²) in [7, 11) is 0. The lowest BCUT2D eigenvalue weighted by Gasteiger charge is -2.57. The molecule has 4 bridgehead atoms. The summed E-state index contributed by atoms with van der Waals surface area (Å²) in [6, 6.07) is 35.8. The van der Waals surface area contributed by atoms with Crippen LogP contribution in [0.3, 0.4) is 0 Å². The number of rotatable bonds is 4. The molecule has 4 amide bonds. The summed E-state index contributed by atoms with van der Waals surface area (Å²) in [4.78, 5) is 82.2. The summed E-state index contributed by atoms with van der Waals surface area (Å²) in [5, 5.41) is 0. The summed E-state index contributed by atoms with van der Waals surface area (Å²) in [6.07, 6.45) is 5.40. The van der Waals surface area contributed by atoms with Gasteiger partial charge in [-0.2, -0.15) is 4.57 Å². The molecule has 4 aromatic carbocycles. The Hall–Kier alpha value is -6.79. The van der Waals surface area contributed by atoms with Crippen LogP contribution in [0.2, 0.25) is 0 Å². The Morgan fingerprint density at radius 2 is 1.08 bits per heavy atom. The number of piperidine rings is 2. The number of aromatic nitrogens is 1. The zero-order valence-electron chi connectivity index (χ0n) is 34.1. The monoisotopic (exact) mass is 827 g/mol. The average molecular weight is 828 g/mol. The van der Waals surface area contributed by atoms with Crippen LogP contribution in [0.15, 0.2) is 121 Å². The van der Waals surface area contributed by atoms with Crippen molar-refractivity contribution in [2.45, 2.75) is 63.1 Å². The van der Waals surface area contributed by atoms with Crippen molar-refractivity contribution in [2.75, 3.05) is 16.3 Å². The Bertz CT molecular complexity index is 2560. The first kappa shape index (κ1) is 38.2. The third-order valence-corrected chi connectivity index (χ3v) is 14.2. The molecule has 4 saturated heterocycles. The summed E-state index contributed by atoms with van der Waals surface area (Å²) >= 11 is 0. The number of esters is 2. The highest BCUT2D eigenvalue weighted by Gasteiger charge is 2.67. The molecule has 1 aromatic heterocycles. The van der Waals surface area contributed by atoms with Gasteiger partial charge < -0.3 is 9.47 Å². The molecule has 0 saturated carbocycles. The van der Waals surface area contributed by atoms with E-state index in [0.29, 0.717) is 28.9 Å². The van der Waals surface area contributed by atoms with Crippen LogP contribution in [0.25, 0.3) is 0 Å². The second kappa shape index (κ2) is 14.4. The van der Waals surface area contributed by atoms with E-state index in [0.717, 1.165) is 36.2 Å². The molecule has 14 rings (SSSR count). The number of benzene rings is 4. The van der Waals surface area contributed by atoms with Gasteiger partial charge in [-0.1, -0.05) is 61.0 Å². The summed E-state index contributed by atoms with van der Waals surface area (Å²) in [5.41, 5.74) is 6.84. The number of carbonyl (C=O) groups excluding carboxylic acids is 6. The molecule has 9 atom stereocenters. The zero-order chi connectivity index (χ0) is 42.6. The maximum Gasteiger partial charge on any atom is 0.308 e. The highest BCUT2D eigenvalue weighted by molar-refractivity contribution is 6.24. The molecule has 9 unspecified atom stereocenters. The van der Waals surface area contributed by atoms with Crippen molar-refractivity contribution >= 4 is 46.9 Å². The van der Waals surface area contributed by atoms with Crippen LogP contribution in [0, 0.1) is 23.7 Å². The minimum Gasteiger partial charge on any atom is -0.427 e. The maximum absolute atomic E-state index is 13.7. The fraction of sp³-hybridized carbons (Fsp3) is 0.300. The number of imide groups is 2. The molecule has 310 valence electrons. The normalized spacial score (nSPS) is 28.2. The van der Waals surface area contributed by atoms with Crippen LogP contribution in [0.5, 0.6) is 11.5 Å². The van der Waals surface area contributed by atoms with Crippen LogP contribution in [-0.4, -0.2) is 53.1 Å². The minimum atomic E-state index is -0.444. The maximum atomic E-state index is 13.7. The first-order chi connectivity index (χ1) is 30.1. The van der Waals surface area contributed by atoms with Crippen molar-refractivity contribution in [3.63, 3.8) is 0 Å². The van der Waals surface area contributed by atoms with Crippen LogP contribution < -0.4 is 23.8 Å². The van der Waals surface area contributed by atoms with Gasteiger partial charge in [0.1, 0.15) is 17.4 Å². The molecule has 12 nitrogen and oxygen atoms in total. The highest BCUT2D eigenvalue weighted by Crippen LogP contribution is 2.61. The standard InChI is InChI=1S/C25H24N2O4.C25H19N2O4/c2*1-14(28)31-16-11-9-15(10-12-16)27-24(29)21-20-17-6-2-3-7-18(17)23(22(21)25(27)30)26-13-5-4-8-19(20)26/h2-3,6-7,9-12,19-23H,4-5,8,13H2,1H3;2-13,20-23H,1H3/q;+1. The number of amides is 4. The quantitative estimate of drug-likeness (QED) is 0.0902. The molecule has 8 heterocycles. The van der Waals surface area contributed by atoms with Gasteiger partial charge in [-0.05, 0) is 84.6 Å². The van der Waals surface area contributed by atoms with E-state index in [1.165, 1.54) is 41.2 Å². The van der Waals surface area contributed by atoms with E-state index in [9.17, 15) is 28.8 Å². The van der Waals surface area contributed by atoms with Crippen LogP contribution in [0.1, 0.15) is 85.0 Å². The van der Waals surface area contributed by atoms with Crippen molar-refractivity contribution in [2.24, 2.45) is 23.7 Å². The predicted octanol–water partition coefficient (Wildman–Crippen LogP) is 6.18. The van der Waals surface area contributed by atoms with Crippen LogP contribution in [-0.2, 0) is 28.8 Å². The summed E-state index contributed by atoms with van der Waals surface area (Å²) in [6.45, 7) is 3.66. The molecule has 4 fully saturated rings. The molecule has 0 radical (unpaired) electrons. The Morgan fingerprint density at radius 3 is 1.71 bits per heavy atom. The van der Waals surface area contributed by atoms with Crippen LogP contribution >= 0.6 is 0 Å². The fourth-order valence-corrected chi connectivity index (χ4v) is 12.1. The largest absolute Gasteiger partial charge is 0.427 e. The van der Waals surface area contributed by atoms with Gasteiger partial charge in [0, 0.05) is 49.5 Å². The van der Waals surface area contributed by atoms with Gasteiger partial charge in [0.15, 0.2) is 17.9 Å². The Balaban J connectivity index is 0.000000139. The molecular formula is C50H43N4O8+. The lowest BCUT2D eigenvalue weighted by molar-refractivity contribution is -0.736. The third kappa shape index (κ3) is 5.58. The number of anilines is 2. The Morgan fingerprint density at radius 1 is 0.548 bits per heavy atom. The van der Waals surface area contributed by atoms with Gasteiger partial charge in [0.05, 0.1) is 35.0 Å². The lowest BCUT2D eigenvalue weighted by atomic mass is 9.59. The molecule has 0 N–H and O–H groups in total. The van der Waals surface area contributed by atoms with Gasteiger partial charge in [0.2, 0.25) is 23.6 Å². The molecular weight excluding hydrogens is 785 g/mol. The van der Waals surface area contributed by atoms with E-state index >= 15 is 0 Å². The second-order valence-corrected chi connectivity index (χ2v) is 17.3. The first-order valence-corrected chi connectivity index (χ1v) is 21.4. The van der Waals surface area contributed by atoms with Crippen molar-refractivity contribution in [3.05, 3.63) is 149 Å². The number of hydrogen-bond donors (Lipinski definition) is 0. The molecule has 12 heteroatoms. The van der Waals surface area contributed by atoms with E-state index < -0.39 is 23.8 Å². The molecule has 9 aliphatic rings. The fourth-order valence-electron chi connectivity index (χ4n) is 12.1. The van der Waals surface area contributed by atoms with Gasteiger partial charge in [-0.15, -0.1) is 0 Å². The van der Waals surface area contributed by atoms with Gasteiger partial charge in [0.25, 0.3) is 0 Å². The Labute approximate surface area is 357 Å². The number of hydrogen-bond acceptors (Lipinski definition) is 9. The third-order valence-electron chi connectivity index (χ3n) is 14.2. The predicted molar refractivity (Wildman–Crippen MR) is 224 cm³/mol. The zero-order valence-corrected chi connectivity index (χ0v) is 34.1. The Kier molecular flexibility index (Phi) is 8.87. The van der Waals surface area contributed by atoms with Crippen molar-refractivity contribution in [3.8, 4) is 11.5 Å². The molecule has 2 aliphatic carbocycles. The van der Waals surface area contributed by atoms with E-state index in [1.807, 2.05) is 36.5 Å². The SMILES string of the molecule is CC(=O)Oc1ccc(N2C(=O)C3C(C2=O)C2c4ccccc4C3C3CCCCN32)cc1.CC(=O)Oc1ccc(N2C(=O)C3C4c5ccccc5C(C3C2=O)[n+]2ccccc24)cc1. The van der Waals surface area contributed by atoms with E-state index in [4.69, 9.17) is 9.47 Å². The van der Waals surface area contributed by atoms with Crippen molar-refractivity contribution < 1.29 is 42.8 Å². The summed E-state index contributed by atoms with van der Waals surface area (Å²) < 4.78 is 12.3. The lowest BCUT2D eigenvalue weighted by Crippen LogP contribution is -2.59. The number of ether oxygens (including phenoxy) is 2. The molecule has 62 heavy (non-hydrogen) atoms. The minimum absolute atomic E-state index is 0.0294. The topological polar surface area (TPSA) is 134 Å². The van der Waals surface area contributed by atoms with E-state index in [2.05, 4.69) is 45.9 Å². The number of nitrogens with zero attached hydrogens (tertiary/aromatic N) is 4. The van der Waals surface area contributed by atoms with Gasteiger partial charge in [-0.25, -0.2) is 9.80 Å². The molecule has 0 spiro atoms. The van der Waals surface area contributed by atoms with E-state index in [-0.39, 0.29) is 59.4 Å². The highest BCUT2D eigenvalue weighted by atomic mass is 16.5.